The van der Waals surface area contributed by atoms with Crippen LogP contribution >= 0.6 is 22.9 Å². The number of amides is 1. The van der Waals surface area contributed by atoms with Crippen molar-refractivity contribution in [1.29, 1.82) is 0 Å². The van der Waals surface area contributed by atoms with Crippen LogP contribution < -0.4 is 10.6 Å². The SMILES string of the molecule is CC(Nc1ccc(NC(=O)c2cccs2)cc1)c1ccccc1Cl. The van der Waals surface area contributed by atoms with E-state index in [1.54, 1.807) is 6.07 Å². The first-order valence-corrected chi connectivity index (χ1v) is 8.85. The molecule has 122 valence electrons. The lowest BCUT2D eigenvalue weighted by molar-refractivity contribution is 0.103. The number of hydrogen-bond acceptors (Lipinski definition) is 3. The molecule has 2 aromatic carbocycles. The third-order valence-corrected chi connectivity index (χ3v) is 4.86. The number of benzene rings is 2. The predicted molar refractivity (Wildman–Crippen MR) is 102 cm³/mol. The highest BCUT2D eigenvalue weighted by atomic mass is 35.5. The van der Waals surface area contributed by atoms with Crippen LogP contribution in [0.3, 0.4) is 0 Å². The maximum atomic E-state index is 12.0. The van der Waals surface area contributed by atoms with Gasteiger partial charge < -0.3 is 10.6 Å². The van der Waals surface area contributed by atoms with Gasteiger partial charge in [0, 0.05) is 22.4 Å². The summed E-state index contributed by atoms with van der Waals surface area (Å²) in [5.41, 5.74) is 2.79. The Morgan fingerprint density at radius 2 is 1.71 bits per heavy atom. The minimum atomic E-state index is -0.0878. The Morgan fingerprint density at radius 3 is 2.38 bits per heavy atom. The van der Waals surface area contributed by atoms with Crippen LogP contribution in [0.15, 0.2) is 66.0 Å². The van der Waals surface area contributed by atoms with Gasteiger partial charge in [0.05, 0.1) is 4.88 Å². The summed E-state index contributed by atoms with van der Waals surface area (Å²) in [7, 11) is 0. The molecular weight excluding hydrogens is 340 g/mol. The number of hydrogen-bond donors (Lipinski definition) is 2. The molecule has 3 nitrogen and oxygen atoms in total. The maximum Gasteiger partial charge on any atom is 0.265 e. The molecule has 5 heteroatoms. The van der Waals surface area contributed by atoms with E-state index in [9.17, 15) is 4.79 Å². The van der Waals surface area contributed by atoms with Crippen molar-refractivity contribution >= 4 is 40.2 Å². The quantitative estimate of drug-likeness (QED) is 0.604. The molecule has 1 amide bonds. The highest BCUT2D eigenvalue weighted by Crippen LogP contribution is 2.26. The normalized spacial score (nSPS) is 11.8. The predicted octanol–water partition coefficient (Wildman–Crippen LogP) is 5.83. The Morgan fingerprint density at radius 1 is 1.00 bits per heavy atom. The van der Waals surface area contributed by atoms with E-state index >= 15 is 0 Å². The zero-order valence-corrected chi connectivity index (χ0v) is 14.7. The molecule has 0 saturated heterocycles. The van der Waals surface area contributed by atoms with Crippen LogP contribution in [0.25, 0.3) is 0 Å². The number of carbonyl (C=O) groups excluding carboxylic acids is 1. The van der Waals surface area contributed by atoms with E-state index < -0.39 is 0 Å². The fraction of sp³-hybridized carbons (Fsp3) is 0.105. The van der Waals surface area contributed by atoms with E-state index in [0.717, 1.165) is 22.0 Å². The summed E-state index contributed by atoms with van der Waals surface area (Å²) in [5, 5.41) is 8.93. The fourth-order valence-corrected chi connectivity index (χ4v) is 3.32. The summed E-state index contributed by atoms with van der Waals surface area (Å²) in [6.07, 6.45) is 0. The van der Waals surface area contributed by atoms with E-state index in [4.69, 9.17) is 11.6 Å². The highest BCUT2D eigenvalue weighted by Gasteiger charge is 2.10. The number of carbonyl (C=O) groups is 1. The van der Waals surface area contributed by atoms with Gasteiger partial charge in [0.1, 0.15) is 0 Å². The molecule has 0 aliphatic heterocycles. The first-order chi connectivity index (χ1) is 11.6. The molecule has 0 fully saturated rings. The molecule has 0 aliphatic carbocycles. The van der Waals surface area contributed by atoms with Gasteiger partial charge in [0.25, 0.3) is 5.91 Å². The van der Waals surface area contributed by atoms with Crippen molar-refractivity contribution in [2.24, 2.45) is 0 Å². The molecule has 1 atom stereocenters. The van der Waals surface area contributed by atoms with Gasteiger partial charge in [-0.05, 0) is 54.3 Å². The molecule has 24 heavy (non-hydrogen) atoms. The van der Waals surface area contributed by atoms with Gasteiger partial charge in [-0.2, -0.15) is 0 Å². The van der Waals surface area contributed by atoms with Crippen LogP contribution in [-0.4, -0.2) is 5.91 Å². The second-order valence-corrected chi connectivity index (χ2v) is 6.75. The molecule has 0 aliphatic rings. The van der Waals surface area contributed by atoms with Crippen molar-refractivity contribution in [3.8, 4) is 0 Å². The van der Waals surface area contributed by atoms with Crippen molar-refractivity contribution in [1.82, 2.24) is 0 Å². The average molecular weight is 357 g/mol. The first-order valence-electron chi connectivity index (χ1n) is 7.59. The summed E-state index contributed by atoms with van der Waals surface area (Å²) in [4.78, 5) is 12.7. The van der Waals surface area contributed by atoms with E-state index in [2.05, 4.69) is 17.6 Å². The molecule has 0 spiro atoms. The second kappa shape index (κ2) is 7.51. The van der Waals surface area contributed by atoms with Gasteiger partial charge in [-0.25, -0.2) is 0 Å². The van der Waals surface area contributed by atoms with E-state index in [1.165, 1.54) is 11.3 Å². The third kappa shape index (κ3) is 3.96. The zero-order valence-electron chi connectivity index (χ0n) is 13.1. The highest BCUT2D eigenvalue weighted by molar-refractivity contribution is 7.12. The van der Waals surface area contributed by atoms with Crippen molar-refractivity contribution in [3.05, 3.63) is 81.5 Å². The number of halogens is 1. The summed E-state index contributed by atoms with van der Waals surface area (Å²) >= 11 is 7.65. The molecule has 3 aromatic rings. The van der Waals surface area contributed by atoms with Crippen molar-refractivity contribution in [2.45, 2.75) is 13.0 Å². The Labute approximate surface area is 150 Å². The van der Waals surface area contributed by atoms with Gasteiger partial charge in [0.2, 0.25) is 0 Å². The number of nitrogens with one attached hydrogen (secondary N) is 2. The maximum absolute atomic E-state index is 12.0. The minimum absolute atomic E-state index is 0.0878. The van der Waals surface area contributed by atoms with Crippen molar-refractivity contribution in [2.75, 3.05) is 10.6 Å². The summed E-state index contributed by atoms with van der Waals surface area (Å²) < 4.78 is 0. The number of rotatable bonds is 5. The fourth-order valence-electron chi connectivity index (χ4n) is 2.40. The third-order valence-electron chi connectivity index (χ3n) is 3.64. The second-order valence-electron chi connectivity index (χ2n) is 5.40. The topological polar surface area (TPSA) is 41.1 Å². The number of thiophene rings is 1. The van der Waals surface area contributed by atoms with Gasteiger partial charge in [-0.3, -0.25) is 4.79 Å². The average Bonchev–Trinajstić information content (AvgIpc) is 3.11. The smallest absolute Gasteiger partial charge is 0.265 e. The lowest BCUT2D eigenvalue weighted by Gasteiger charge is -2.17. The Balaban J connectivity index is 1.64. The minimum Gasteiger partial charge on any atom is -0.378 e. The van der Waals surface area contributed by atoms with Crippen molar-refractivity contribution in [3.63, 3.8) is 0 Å². The summed E-state index contributed by atoms with van der Waals surface area (Å²) in [6.45, 7) is 2.06. The standard InChI is InChI=1S/C19H17ClN2OS/c1-13(16-5-2-3-6-17(16)20)21-14-8-10-15(11-9-14)22-19(23)18-7-4-12-24-18/h2-13,21H,1H3,(H,22,23). The Kier molecular flexibility index (Phi) is 5.18. The molecule has 1 unspecified atom stereocenters. The van der Waals surface area contributed by atoms with E-state index in [-0.39, 0.29) is 11.9 Å². The van der Waals surface area contributed by atoms with Crippen LogP contribution in [0.1, 0.15) is 28.2 Å². The lowest BCUT2D eigenvalue weighted by atomic mass is 10.1. The number of anilines is 2. The Hall–Kier alpha value is -2.30. The molecule has 1 aromatic heterocycles. The van der Waals surface area contributed by atoms with Gasteiger partial charge in [0.15, 0.2) is 0 Å². The van der Waals surface area contributed by atoms with Crippen LogP contribution in [0, 0.1) is 0 Å². The van der Waals surface area contributed by atoms with Crippen LogP contribution in [-0.2, 0) is 0 Å². The summed E-state index contributed by atoms with van der Waals surface area (Å²) in [6, 6.07) is 19.2. The molecule has 0 saturated carbocycles. The monoisotopic (exact) mass is 356 g/mol. The zero-order chi connectivity index (χ0) is 16.9. The lowest BCUT2D eigenvalue weighted by Crippen LogP contribution is -2.10. The molecular formula is C19H17ClN2OS. The van der Waals surface area contributed by atoms with Crippen LogP contribution in [0.4, 0.5) is 11.4 Å². The van der Waals surface area contributed by atoms with Crippen molar-refractivity contribution < 1.29 is 4.79 Å². The largest absolute Gasteiger partial charge is 0.378 e. The van der Waals surface area contributed by atoms with E-state index in [0.29, 0.717) is 4.88 Å². The molecule has 1 heterocycles. The van der Waals surface area contributed by atoms with Crippen LogP contribution in [0.2, 0.25) is 5.02 Å². The Bertz CT molecular complexity index is 816. The molecule has 3 rings (SSSR count). The summed E-state index contributed by atoms with van der Waals surface area (Å²) in [5.74, 6) is -0.0878. The molecule has 0 radical (unpaired) electrons. The molecule has 2 N–H and O–H groups in total. The van der Waals surface area contributed by atoms with Gasteiger partial charge >= 0.3 is 0 Å². The van der Waals surface area contributed by atoms with Gasteiger partial charge in [-0.1, -0.05) is 35.9 Å². The van der Waals surface area contributed by atoms with E-state index in [1.807, 2.05) is 60.0 Å². The van der Waals surface area contributed by atoms with Gasteiger partial charge in [-0.15, -0.1) is 11.3 Å². The first kappa shape index (κ1) is 16.6. The van der Waals surface area contributed by atoms with Crippen LogP contribution in [0.5, 0.6) is 0 Å². The molecule has 0 bridgehead atoms.